The molecule has 0 spiro atoms. The number of non-ortho nitro benzene ring substituents is 1. The number of nitro benzene ring substituents is 1. The van der Waals surface area contributed by atoms with Gasteiger partial charge in [0.2, 0.25) is 0 Å². The fraction of sp³-hybridized carbons (Fsp3) is 0.435. The molecule has 1 atom stereocenters. The van der Waals surface area contributed by atoms with Gasteiger partial charge in [-0.15, -0.1) is 0 Å². The van der Waals surface area contributed by atoms with Gasteiger partial charge in [0.1, 0.15) is 0 Å². The number of rotatable bonds is 8. The summed E-state index contributed by atoms with van der Waals surface area (Å²) in [5.74, 6) is 0. The van der Waals surface area contributed by atoms with Crippen molar-refractivity contribution in [3.63, 3.8) is 0 Å². The Morgan fingerprint density at radius 1 is 1.27 bits per heavy atom. The quantitative estimate of drug-likeness (QED) is 0.529. The van der Waals surface area contributed by atoms with E-state index in [0.717, 1.165) is 50.1 Å². The maximum Gasteiger partial charge on any atom is 0.269 e. The first-order valence-electron chi connectivity index (χ1n) is 10.4. The van der Waals surface area contributed by atoms with Gasteiger partial charge in [-0.3, -0.25) is 10.1 Å². The summed E-state index contributed by atoms with van der Waals surface area (Å²) in [5, 5.41) is 20.3. The maximum absolute atomic E-state index is 11.0. The molecule has 0 aromatic heterocycles. The van der Waals surface area contributed by atoms with Crippen LogP contribution in [0.4, 0.5) is 11.4 Å². The topological polar surface area (TPSA) is 99.4 Å². The minimum atomic E-state index is -0.374. The van der Waals surface area contributed by atoms with Gasteiger partial charge in [0.15, 0.2) is 0 Å². The predicted molar refractivity (Wildman–Crippen MR) is 118 cm³/mol. The number of nitriles is 1. The molecule has 1 saturated heterocycles. The second-order valence-electron chi connectivity index (χ2n) is 8.05. The van der Waals surface area contributed by atoms with Crippen molar-refractivity contribution < 1.29 is 4.92 Å². The Balaban J connectivity index is 1.77. The lowest BCUT2D eigenvalue weighted by Gasteiger charge is -2.40. The molecule has 0 amide bonds. The summed E-state index contributed by atoms with van der Waals surface area (Å²) in [6, 6.07) is 17.2. The Bertz CT molecular complexity index is 883. The van der Waals surface area contributed by atoms with Crippen molar-refractivity contribution in [1.82, 2.24) is 4.90 Å². The highest BCUT2D eigenvalue weighted by atomic mass is 16.6. The third kappa shape index (κ3) is 5.78. The number of nitro groups is 1. The molecule has 158 valence electrons. The molecular weight excluding hydrogens is 378 g/mol. The summed E-state index contributed by atoms with van der Waals surface area (Å²) in [6.07, 6.45) is 3.04. The van der Waals surface area contributed by atoms with Crippen LogP contribution in [0, 0.1) is 21.4 Å². The van der Waals surface area contributed by atoms with E-state index in [2.05, 4.69) is 15.9 Å². The Hall–Kier alpha value is -2.95. The summed E-state index contributed by atoms with van der Waals surface area (Å²) >= 11 is 0. The lowest BCUT2D eigenvalue weighted by atomic mass is 10.00. The largest absolute Gasteiger partial charge is 0.364 e. The van der Waals surface area contributed by atoms with Crippen LogP contribution in [-0.2, 0) is 6.54 Å². The monoisotopic (exact) mass is 407 g/mol. The summed E-state index contributed by atoms with van der Waals surface area (Å²) in [5.41, 5.74) is 8.66. The van der Waals surface area contributed by atoms with Crippen LogP contribution in [0.2, 0.25) is 0 Å². The molecule has 1 heterocycles. The minimum Gasteiger partial charge on any atom is -0.364 e. The molecule has 2 N–H and O–H groups in total. The van der Waals surface area contributed by atoms with Crippen LogP contribution in [-0.4, -0.2) is 41.5 Å². The summed E-state index contributed by atoms with van der Waals surface area (Å²) < 4.78 is 0. The average molecular weight is 408 g/mol. The van der Waals surface area contributed by atoms with E-state index in [4.69, 9.17) is 5.73 Å². The maximum atomic E-state index is 11.0. The highest BCUT2D eigenvalue weighted by Gasteiger charge is 2.25. The number of benzene rings is 2. The van der Waals surface area contributed by atoms with E-state index in [1.54, 1.807) is 18.2 Å². The van der Waals surface area contributed by atoms with E-state index in [1.165, 1.54) is 0 Å². The van der Waals surface area contributed by atoms with Gasteiger partial charge in [-0.05, 0) is 62.6 Å². The van der Waals surface area contributed by atoms with Crippen LogP contribution in [0.25, 0.3) is 0 Å². The van der Waals surface area contributed by atoms with Crippen molar-refractivity contribution >= 4 is 11.4 Å². The molecule has 1 aliphatic heterocycles. The summed E-state index contributed by atoms with van der Waals surface area (Å²) in [7, 11) is 0. The van der Waals surface area contributed by atoms with Gasteiger partial charge in [0, 0.05) is 49.5 Å². The molecule has 1 aliphatic rings. The summed E-state index contributed by atoms with van der Waals surface area (Å²) in [4.78, 5) is 15.4. The van der Waals surface area contributed by atoms with E-state index < -0.39 is 0 Å². The number of likely N-dealkylation sites (tertiary alicyclic amines) is 1. The molecule has 7 heteroatoms. The number of piperidine rings is 1. The number of nitrogens with two attached hydrogens (primary N) is 1. The molecule has 0 saturated carbocycles. The van der Waals surface area contributed by atoms with Gasteiger partial charge in [-0.2, -0.15) is 5.26 Å². The molecule has 7 nitrogen and oxygen atoms in total. The van der Waals surface area contributed by atoms with Crippen LogP contribution < -0.4 is 10.6 Å². The molecule has 3 rings (SSSR count). The van der Waals surface area contributed by atoms with Gasteiger partial charge < -0.3 is 15.5 Å². The van der Waals surface area contributed by atoms with E-state index in [-0.39, 0.29) is 16.7 Å². The van der Waals surface area contributed by atoms with E-state index >= 15 is 0 Å². The molecule has 1 unspecified atom stereocenters. The van der Waals surface area contributed by atoms with E-state index in [9.17, 15) is 15.4 Å². The highest BCUT2D eigenvalue weighted by Crippen LogP contribution is 2.28. The van der Waals surface area contributed by atoms with Crippen molar-refractivity contribution in [2.45, 2.75) is 44.8 Å². The third-order valence-corrected chi connectivity index (χ3v) is 5.70. The van der Waals surface area contributed by atoms with Crippen molar-refractivity contribution in [3.8, 4) is 6.07 Å². The number of anilines is 1. The molecule has 2 aromatic carbocycles. The summed E-state index contributed by atoms with van der Waals surface area (Å²) in [6.45, 7) is 5.75. The molecule has 30 heavy (non-hydrogen) atoms. The van der Waals surface area contributed by atoms with Gasteiger partial charge in [0.25, 0.3) is 5.69 Å². The molecule has 2 aromatic rings. The van der Waals surface area contributed by atoms with Crippen LogP contribution in [0.1, 0.15) is 37.3 Å². The van der Waals surface area contributed by atoms with Gasteiger partial charge in [0.05, 0.1) is 16.6 Å². The lowest BCUT2D eigenvalue weighted by Crippen LogP contribution is -2.45. The zero-order valence-electron chi connectivity index (χ0n) is 17.4. The Morgan fingerprint density at radius 2 is 1.97 bits per heavy atom. The molecule has 1 fully saturated rings. The normalized spacial score (nSPS) is 16.0. The second kappa shape index (κ2) is 10.2. The fourth-order valence-electron chi connectivity index (χ4n) is 3.97. The first-order valence-corrected chi connectivity index (χ1v) is 10.4. The Labute approximate surface area is 177 Å². The SMILES string of the molecule is CC(N)CCN1CCC(N(Cc2cccc(C#N)c2)c2ccc([N+](=O)[O-])cc2)CC1. The predicted octanol–water partition coefficient (Wildman–Crippen LogP) is 3.67. The number of hydrogen-bond acceptors (Lipinski definition) is 6. The van der Waals surface area contributed by atoms with Crippen molar-refractivity contribution in [3.05, 3.63) is 69.8 Å². The van der Waals surface area contributed by atoms with Gasteiger partial charge >= 0.3 is 0 Å². The third-order valence-electron chi connectivity index (χ3n) is 5.70. The smallest absolute Gasteiger partial charge is 0.269 e. The van der Waals surface area contributed by atoms with E-state index in [0.29, 0.717) is 18.2 Å². The Morgan fingerprint density at radius 3 is 2.57 bits per heavy atom. The van der Waals surface area contributed by atoms with Crippen molar-refractivity contribution in [1.29, 1.82) is 5.26 Å². The number of hydrogen-bond donors (Lipinski definition) is 1. The number of nitrogens with zero attached hydrogens (tertiary/aromatic N) is 4. The molecule has 0 bridgehead atoms. The van der Waals surface area contributed by atoms with Crippen LogP contribution in [0.3, 0.4) is 0 Å². The standard InChI is InChI=1S/C23H29N5O2/c1-18(25)9-12-26-13-10-22(11-14-26)27(17-20-4-2-3-19(15-20)16-24)21-5-7-23(8-6-21)28(29)30/h2-8,15,18,22H,9-14,17,25H2,1H3. The van der Waals surface area contributed by atoms with Crippen LogP contribution in [0.5, 0.6) is 0 Å². The first-order chi connectivity index (χ1) is 14.5. The minimum absolute atomic E-state index is 0.0934. The zero-order chi connectivity index (χ0) is 21.5. The van der Waals surface area contributed by atoms with Crippen molar-refractivity contribution in [2.75, 3.05) is 24.5 Å². The van der Waals surface area contributed by atoms with Gasteiger partial charge in [-0.1, -0.05) is 12.1 Å². The van der Waals surface area contributed by atoms with Crippen LogP contribution in [0.15, 0.2) is 48.5 Å². The second-order valence-corrected chi connectivity index (χ2v) is 8.05. The molecular formula is C23H29N5O2. The van der Waals surface area contributed by atoms with Gasteiger partial charge in [-0.25, -0.2) is 0 Å². The molecule has 0 radical (unpaired) electrons. The average Bonchev–Trinajstić information content (AvgIpc) is 2.76. The lowest BCUT2D eigenvalue weighted by molar-refractivity contribution is -0.384. The molecule has 0 aliphatic carbocycles. The van der Waals surface area contributed by atoms with E-state index in [1.807, 2.05) is 37.3 Å². The highest BCUT2D eigenvalue weighted by molar-refractivity contribution is 5.52. The van der Waals surface area contributed by atoms with Crippen LogP contribution >= 0.6 is 0 Å². The first kappa shape index (κ1) is 21.8. The van der Waals surface area contributed by atoms with Crippen molar-refractivity contribution in [2.24, 2.45) is 5.73 Å². The fourth-order valence-corrected chi connectivity index (χ4v) is 3.97. The zero-order valence-corrected chi connectivity index (χ0v) is 17.4. The Kier molecular flexibility index (Phi) is 7.39.